The number of nitrogens with one attached hydrogen (secondary N) is 1. The largest absolute Gasteiger partial charge is 0.494 e. The molecule has 0 atom stereocenters. The molecular formula is C13H12N6O7. The van der Waals surface area contributed by atoms with E-state index in [1.54, 1.807) is 0 Å². The van der Waals surface area contributed by atoms with Crippen LogP contribution in [-0.4, -0.2) is 30.3 Å². The zero-order valence-electron chi connectivity index (χ0n) is 13.4. The quantitative estimate of drug-likeness (QED) is 0.425. The monoisotopic (exact) mass is 364 g/mol. The highest BCUT2D eigenvalue weighted by Crippen LogP contribution is 2.28. The molecule has 13 nitrogen and oxygen atoms in total. The third kappa shape index (κ3) is 3.26. The Hall–Kier alpha value is -4.03. The van der Waals surface area contributed by atoms with Crippen LogP contribution < -0.4 is 16.7 Å². The van der Waals surface area contributed by atoms with Crippen molar-refractivity contribution in [3.05, 3.63) is 64.8 Å². The van der Waals surface area contributed by atoms with Gasteiger partial charge in [0, 0.05) is 20.2 Å². The lowest BCUT2D eigenvalue weighted by Gasteiger charge is -2.07. The Kier molecular flexibility index (Phi) is 4.82. The molecule has 0 bridgehead atoms. The van der Waals surface area contributed by atoms with Crippen LogP contribution in [0, 0.1) is 20.2 Å². The SMILES string of the molecule is Cn1c(O)c(/C=N\Nc2ccc([N+](=O)[O-])cc2[N+](=O)[O-])c(=O)n(C)c1=O. The number of nitrogens with zero attached hydrogens (tertiary/aromatic N) is 5. The molecule has 26 heavy (non-hydrogen) atoms. The molecule has 136 valence electrons. The summed E-state index contributed by atoms with van der Waals surface area (Å²) >= 11 is 0. The van der Waals surface area contributed by atoms with Gasteiger partial charge in [-0.1, -0.05) is 0 Å². The third-order valence-corrected chi connectivity index (χ3v) is 3.43. The highest BCUT2D eigenvalue weighted by molar-refractivity contribution is 5.82. The molecule has 1 heterocycles. The number of nitro groups is 2. The number of benzene rings is 1. The van der Waals surface area contributed by atoms with Gasteiger partial charge in [0.2, 0.25) is 5.88 Å². The number of aromatic hydroxyl groups is 1. The summed E-state index contributed by atoms with van der Waals surface area (Å²) in [7, 11) is 2.44. The van der Waals surface area contributed by atoms with Crippen LogP contribution in [0.3, 0.4) is 0 Å². The van der Waals surface area contributed by atoms with Crippen molar-refractivity contribution in [2.75, 3.05) is 5.43 Å². The van der Waals surface area contributed by atoms with Crippen molar-refractivity contribution in [3.63, 3.8) is 0 Å². The van der Waals surface area contributed by atoms with Crippen molar-refractivity contribution >= 4 is 23.3 Å². The molecule has 0 saturated heterocycles. The number of anilines is 1. The van der Waals surface area contributed by atoms with Gasteiger partial charge in [0.25, 0.3) is 11.2 Å². The Morgan fingerprint density at radius 2 is 1.81 bits per heavy atom. The van der Waals surface area contributed by atoms with Gasteiger partial charge in [-0.15, -0.1) is 0 Å². The highest BCUT2D eigenvalue weighted by Gasteiger charge is 2.19. The summed E-state index contributed by atoms with van der Waals surface area (Å²) < 4.78 is 1.56. The summed E-state index contributed by atoms with van der Waals surface area (Å²) in [6.07, 6.45) is 0.877. The van der Waals surface area contributed by atoms with E-state index in [-0.39, 0.29) is 11.3 Å². The number of rotatable bonds is 5. The van der Waals surface area contributed by atoms with Crippen molar-refractivity contribution in [2.24, 2.45) is 19.2 Å². The molecule has 2 aromatic rings. The number of aromatic nitrogens is 2. The fourth-order valence-corrected chi connectivity index (χ4v) is 2.02. The van der Waals surface area contributed by atoms with Crippen LogP contribution in [-0.2, 0) is 14.1 Å². The number of nitro benzene ring substituents is 2. The minimum atomic E-state index is -0.840. The molecule has 0 unspecified atom stereocenters. The first kappa shape index (κ1) is 18.3. The Bertz CT molecular complexity index is 1050. The van der Waals surface area contributed by atoms with Gasteiger partial charge in [-0.05, 0) is 6.07 Å². The fourth-order valence-electron chi connectivity index (χ4n) is 2.02. The third-order valence-electron chi connectivity index (χ3n) is 3.43. The minimum Gasteiger partial charge on any atom is -0.494 e. The summed E-state index contributed by atoms with van der Waals surface area (Å²) in [5.41, 5.74) is -0.870. The fraction of sp³-hybridized carbons (Fsp3) is 0.154. The maximum atomic E-state index is 12.0. The van der Waals surface area contributed by atoms with Crippen molar-refractivity contribution < 1.29 is 15.0 Å². The van der Waals surface area contributed by atoms with E-state index in [1.807, 2.05) is 0 Å². The second-order valence-electron chi connectivity index (χ2n) is 5.03. The Morgan fingerprint density at radius 1 is 1.15 bits per heavy atom. The van der Waals surface area contributed by atoms with Gasteiger partial charge in [-0.25, -0.2) is 4.79 Å². The molecular weight excluding hydrogens is 352 g/mol. The summed E-state index contributed by atoms with van der Waals surface area (Å²) in [6, 6.07) is 2.86. The van der Waals surface area contributed by atoms with Crippen LogP contribution in [0.15, 0.2) is 32.9 Å². The lowest BCUT2D eigenvalue weighted by atomic mass is 10.2. The highest BCUT2D eigenvalue weighted by atomic mass is 16.6. The van der Waals surface area contributed by atoms with Crippen LogP contribution in [0.2, 0.25) is 0 Å². The van der Waals surface area contributed by atoms with E-state index in [1.165, 1.54) is 14.1 Å². The second kappa shape index (κ2) is 6.84. The number of hydrogen-bond donors (Lipinski definition) is 2. The molecule has 2 rings (SSSR count). The van der Waals surface area contributed by atoms with Crippen LogP contribution in [0.25, 0.3) is 0 Å². The smallest absolute Gasteiger partial charge is 0.333 e. The van der Waals surface area contributed by atoms with Crippen LogP contribution in [0.5, 0.6) is 5.88 Å². The maximum Gasteiger partial charge on any atom is 0.333 e. The van der Waals surface area contributed by atoms with E-state index in [4.69, 9.17) is 0 Å². The van der Waals surface area contributed by atoms with E-state index < -0.39 is 38.4 Å². The minimum absolute atomic E-state index is 0.169. The number of hydrazone groups is 1. The van der Waals surface area contributed by atoms with Gasteiger partial charge in [-0.2, -0.15) is 5.10 Å². The van der Waals surface area contributed by atoms with E-state index >= 15 is 0 Å². The van der Waals surface area contributed by atoms with Gasteiger partial charge in [-0.3, -0.25) is 39.6 Å². The summed E-state index contributed by atoms with van der Waals surface area (Å²) in [4.78, 5) is 43.7. The van der Waals surface area contributed by atoms with E-state index in [0.717, 1.165) is 33.5 Å². The average molecular weight is 364 g/mol. The standard InChI is InChI=1S/C13H12N6O7/c1-16-11(20)8(12(21)17(2)13(16)22)6-14-15-9-4-3-7(18(23)24)5-10(9)19(25)26/h3-6,15,20H,1-2H3/b14-6-. The number of hydrogen-bond acceptors (Lipinski definition) is 9. The van der Waals surface area contributed by atoms with Crippen molar-refractivity contribution in [1.29, 1.82) is 0 Å². The molecule has 0 saturated carbocycles. The Balaban J connectivity index is 2.41. The zero-order chi connectivity index (χ0) is 19.6. The van der Waals surface area contributed by atoms with E-state index in [2.05, 4.69) is 10.5 Å². The molecule has 0 fully saturated rings. The molecule has 0 aliphatic rings. The van der Waals surface area contributed by atoms with E-state index in [9.17, 15) is 34.9 Å². The van der Waals surface area contributed by atoms with Gasteiger partial charge in [0.05, 0.1) is 22.1 Å². The van der Waals surface area contributed by atoms with Crippen LogP contribution >= 0.6 is 0 Å². The predicted octanol–water partition coefficient (Wildman–Crippen LogP) is 0.0520. The Morgan fingerprint density at radius 3 is 2.38 bits per heavy atom. The normalized spacial score (nSPS) is 10.8. The average Bonchev–Trinajstić information content (AvgIpc) is 2.61. The van der Waals surface area contributed by atoms with Crippen molar-refractivity contribution in [2.45, 2.75) is 0 Å². The van der Waals surface area contributed by atoms with Gasteiger partial charge < -0.3 is 5.11 Å². The predicted molar refractivity (Wildman–Crippen MR) is 89.6 cm³/mol. The molecule has 0 amide bonds. The van der Waals surface area contributed by atoms with Crippen molar-refractivity contribution in [3.8, 4) is 5.88 Å². The first-order chi connectivity index (χ1) is 12.1. The van der Waals surface area contributed by atoms with Gasteiger partial charge in [0.1, 0.15) is 11.3 Å². The van der Waals surface area contributed by atoms with Crippen LogP contribution in [0.4, 0.5) is 17.1 Å². The van der Waals surface area contributed by atoms with Gasteiger partial charge in [0.15, 0.2) is 0 Å². The van der Waals surface area contributed by atoms with Crippen LogP contribution in [0.1, 0.15) is 5.56 Å². The number of non-ortho nitro benzene ring substituents is 1. The summed E-state index contributed by atoms with van der Waals surface area (Å²) in [6.45, 7) is 0. The van der Waals surface area contributed by atoms with Gasteiger partial charge >= 0.3 is 11.4 Å². The Labute approximate surface area is 143 Å². The summed E-state index contributed by atoms with van der Waals surface area (Å²) in [5, 5.41) is 35.2. The maximum absolute atomic E-state index is 12.0. The first-order valence-corrected chi connectivity index (χ1v) is 6.86. The lowest BCUT2D eigenvalue weighted by molar-refractivity contribution is -0.393. The molecule has 2 N–H and O–H groups in total. The summed E-state index contributed by atoms with van der Waals surface area (Å²) in [5.74, 6) is -0.637. The topological polar surface area (TPSA) is 175 Å². The second-order valence-corrected chi connectivity index (χ2v) is 5.03. The molecule has 1 aromatic heterocycles. The molecule has 0 aliphatic heterocycles. The lowest BCUT2D eigenvalue weighted by Crippen LogP contribution is -2.38. The first-order valence-electron chi connectivity index (χ1n) is 6.86. The molecule has 1 aromatic carbocycles. The molecule has 13 heteroatoms. The van der Waals surface area contributed by atoms with E-state index in [0.29, 0.717) is 0 Å². The molecule has 0 radical (unpaired) electrons. The zero-order valence-corrected chi connectivity index (χ0v) is 13.4. The molecule has 0 spiro atoms. The van der Waals surface area contributed by atoms with Crippen molar-refractivity contribution in [1.82, 2.24) is 9.13 Å². The molecule has 0 aliphatic carbocycles.